The quantitative estimate of drug-likeness (QED) is 0.798. The van der Waals surface area contributed by atoms with Crippen molar-refractivity contribution < 1.29 is 9.50 Å². The molecule has 5 heteroatoms. The lowest BCUT2D eigenvalue weighted by Gasteiger charge is -2.37. The first-order valence-corrected chi connectivity index (χ1v) is 7.07. The van der Waals surface area contributed by atoms with E-state index in [9.17, 15) is 9.50 Å². The lowest BCUT2D eigenvalue weighted by atomic mass is 9.86. The highest BCUT2D eigenvalue weighted by Crippen LogP contribution is 2.59. The number of hydrogen-bond donors (Lipinski definition) is 1. The van der Waals surface area contributed by atoms with Gasteiger partial charge in [-0.25, -0.2) is 4.98 Å². The summed E-state index contributed by atoms with van der Waals surface area (Å²) in [4.78, 5) is 3.60. The zero-order chi connectivity index (χ0) is 12.1. The largest absolute Gasteiger partial charge is 0.385 e. The van der Waals surface area contributed by atoms with Crippen LogP contribution in [0.5, 0.6) is 0 Å². The van der Waals surface area contributed by atoms with Crippen LogP contribution >= 0.6 is 23.4 Å². The van der Waals surface area contributed by atoms with Crippen molar-refractivity contribution in [1.82, 2.24) is 4.98 Å². The summed E-state index contributed by atoms with van der Waals surface area (Å²) in [6.45, 7) is 0. The van der Waals surface area contributed by atoms with E-state index in [4.69, 9.17) is 11.6 Å². The second kappa shape index (κ2) is 3.84. The van der Waals surface area contributed by atoms with E-state index in [1.807, 2.05) is 11.8 Å². The van der Waals surface area contributed by atoms with Gasteiger partial charge < -0.3 is 5.11 Å². The fourth-order valence-corrected chi connectivity index (χ4v) is 4.31. The van der Waals surface area contributed by atoms with Gasteiger partial charge >= 0.3 is 0 Å². The van der Waals surface area contributed by atoms with Crippen molar-refractivity contribution in [2.45, 2.75) is 36.0 Å². The van der Waals surface area contributed by atoms with Crippen LogP contribution in [0.4, 0.5) is 4.39 Å². The number of nitrogens with zero attached hydrogens (tertiary/aromatic N) is 1. The predicted molar refractivity (Wildman–Crippen MR) is 66.8 cm³/mol. The van der Waals surface area contributed by atoms with Gasteiger partial charge in [-0.15, -0.1) is 0 Å². The minimum absolute atomic E-state index is 0.182. The molecule has 1 aromatic heterocycles. The van der Waals surface area contributed by atoms with Crippen LogP contribution < -0.4 is 0 Å². The molecule has 0 bridgehead atoms. The first-order valence-electron chi connectivity index (χ1n) is 5.71. The van der Waals surface area contributed by atoms with Gasteiger partial charge in [-0.2, -0.15) is 16.2 Å². The van der Waals surface area contributed by atoms with E-state index < -0.39 is 11.5 Å². The fraction of sp³-hybridized carbons (Fsp3) is 0.583. The summed E-state index contributed by atoms with van der Waals surface area (Å²) in [5.74, 6) is 0.266. The van der Waals surface area contributed by atoms with Crippen molar-refractivity contribution in [3.05, 3.63) is 28.8 Å². The van der Waals surface area contributed by atoms with Gasteiger partial charge in [0.25, 0.3) is 0 Å². The summed E-state index contributed by atoms with van der Waals surface area (Å²) in [6.07, 6.45) is 4.70. The molecule has 2 aliphatic rings. The molecule has 1 N–H and O–H groups in total. The van der Waals surface area contributed by atoms with Crippen LogP contribution in [0.2, 0.25) is 5.02 Å². The number of aliphatic hydroxyl groups is 1. The maximum absolute atomic E-state index is 13.7. The Morgan fingerprint density at radius 3 is 2.88 bits per heavy atom. The average molecular weight is 274 g/mol. The highest BCUT2D eigenvalue weighted by atomic mass is 35.5. The first-order chi connectivity index (χ1) is 8.03. The van der Waals surface area contributed by atoms with E-state index in [1.165, 1.54) is 12.3 Å². The molecule has 0 amide bonds. The molecule has 1 saturated heterocycles. The molecular formula is C12H13ClFNOS. The van der Waals surface area contributed by atoms with Gasteiger partial charge in [0.05, 0.1) is 10.6 Å². The summed E-state index contributed by atoms with van der Waals surface area (Å²) in [7, 11) is 0. The van der Waals surface area contributed by atoms with Crippen molar-refractivity contribution >= 4 is 23.4 Å². The van der Waals surface area contributed by atoms with Gasteiger partial charge in [-0.05, 0) is 37.5 Å². The summed E-state index contributed by atoms with van der Waals surface area (Å²) >= 11 is 7.74. The van der Waals surface area contributed by atoms with Crippen LogP contribution in [0.3, 0.4) is 0 Å². The predicted octanol–water partition coefficient (Wildman–Crippen LogP) is 3.12. The van der Waals surface area contributed by atoms with Gasteiger partial charge in [0, 0.05) is 16.5 Å². The molecule has 1 unspecified atom stereocenters. The molecule has 2 fully saturated rings. The summed E-state index contributed by atoms with van der Waals surface area (Å²) in [5, 5.41) is 11.0. The van der Waals surface area contributed by atoms with E-state index in [0.717, 1.165) is 18.6 Å². The molecule has 92 valence electrons. The SMILES string of the molecule is OC1(c2cc(Cl)cnc2F)CCSC2(CC2)C1. The Balaban J connectivity index is 1.98. The maximum Gasteiger partial charge on any atom is 0.219 e. The molecule has 1 saturated carbocycles. The average Bonchev–Trinajstić information content (AvgIpc) is 3.01. The molecule has 17 heavy (non-hydrogen) atoms. The van der Waals surface area contributed by atoms with Crippen LogP contribution in [0.15, 0.2) is 12.3 Å². The zero-order valence-electron chi connectivity index (χ0n) is 9.25. The van der Waals surface area contributed by atoms with Gasteiger partial charge in [0.2, 0.25) is 5.95 Å². The van der Waals surface area contributed by atoms with Crippen LogP contribution in [0.25, 0.3) is 0 Å². The Kier molecular flexibility index (Phi) is 2.65. The van der Waals surface area contributed by atoms with Gasteiger partial charge in [0.15, 0.2) is 0 Å². The van der Waals surface area contributed by atoms with Crippen LogP contribution in [0.1, 0.15) is 31.2 Å². The molecule has 1 aliphatic heterocycles. The molecule has 1 spiro atoms. The molecule has 1 atom stereocenters. The molecule has 1 aliphatic carbocycles. The highest BCUT2D eigenvalue weighted by molar-refractivity contribution is 8.01. The third-order valence-electron chi connectivity index (χ3n) is 3.65. The molecule has 3 rings (SSSR count). The van der Waals surface area contributed by atoms with Gasteiger partial charge in [-0.1, -0.05) is 11.6 Å². The van der Waals surface area contributed by atoms with Crippen molar-refractivity contribution in [1.29, 1.82) is 0 Å². The van der Waals surface area contributed by atoms with Gasteiger partial charge in [0.1, 0.15) is 0 Å². The molecule has 0 radical (unpaired) electrons. The first kappa shape index (κ1) is 11.8. The van der Waals surface area contributed by atoms with E-state index in [-0.39, 0.29) is 10.3 Å². The van der Waals surface area contributed by atoms with Gasteiger partial charge in [-0.3, -0.25) is 0 Å². The summed E-state index contributed by atoms with van der Waals surface area (Å²) in [5.41, 5.74) is -0.833. The van der Waals surface area contributed by atoms with Crippen LogP contribution in [-0.2, 0) is 5.60 Å². The Morgan fingerprint density at radius 1 is 1.41 bits per heavy atom. The van der Waals surface area contributed by atoms with E-state index in [0.29, 0.717) is 17.9 Å². The number of thioether (sulfide) groups is 1. The monoisotopic (exact) mass is 273 g/mol. The highest BCUT2D eigenvalue weighted by Gasteiger charge is 2.53. The van der Waals surface area contributed by atoms with Crippen molar-refractivity contribution in [3.8, 4) is 0 Å². The number of hydrogen-bond acceptors (Lipinski definition) is 3. The molecule has 2 heterocycles. The second-order valence-corrected chi connectivity index (χ2v) is 6.98. The third kappa shape index (κ3) is 2.07. The molecule has 2 nitrogen and oxygen atoms in total. The maximum atomic E-state index is 13.7. The standard InChI is InChI=1S/C12H13ClFNOS/c13-8-5-9(10(14)15-6-8)12(16)3-4-17-11(7-12)1-2-11/h5-6,16H,1-4,7H2. The summed E-state index contributed by atoms with van der Waals surface area (Å²) < 4.78 is 13.9. The van der Waals surface area contributed by atoms with E-state index in [1.54, 1.807) is 0 Å². The molecular weight excluding hydrogens is 261 g/mol. The Hall–Kier alpha value is -0.320. The van der Waals surface area contributed by atoms with Crippen molar-refractivity contribution in [2.75, 3.05) is 5.75 Å². The Morgan fingerprint density at radius 2 is 2.18 bits per heavy atom. The topological polar surface area (TPSA) is 33.1 Å². The van der Waals surface area contributed by atoms with E-state index in [2.05, 4.69) is 4.98 Å². The number of halogens is 2. The third-order valence-corrected chi connectivity index (χ3v) is 5.43. The summed E-state index contributed by atoms with van der Waals surface area (Å²) in [6, 6.07) is 1.51. The van der Waals surface area contributed by atoms with E-state index >= 15 is 0 Å². The number of rotatable bonds is 1. The van der Waals surface area contributed by atoms with Crippen molar-refractivity contribution in [2.24, 2.45) is 0 Å². The van der Waals surface area contributed by atoms with Crippen molar-refractivity contribution in [3.63, 3.8) is 0 Å². The lowest BCUT2D eigenvalue weighted by molar-refractivity contribution is 0.0145. The normalized spacial score (nSPS) is 30.5. The second-order valence-electron chi connectivity index (χ2n) is 4.98. The molecule has 1 aromatic rings. The van der Waals surface area contributed by atoms with Crippen LogP contribution in [-0.4, -0.2) is 20.6 Å². The Labute approximate surface area is 109 Å². The number of pyridine rings is 1. The fourth-order valence-electron chi connectivity index (χ4n) is 2.55. The lowest BCUT2D eigenvalue weighted by Crippen LogP contribution is -2.36. The van der Waals surface area contributed by atoms with Crippen LogP contribution in [0, 0.1) is 5.95 Å². The number of aromatic nitrogens is 1. The minimum Gasteiger partial charge on any atom is -0.385 e. The minimum atomic E-state index is -1.09. The smallest absolute Gasteiger partial charge is 0.219 e. The Bertz CT molecular complexity index is 466. The zero-order valence-corrected chi connectivity index (χ0v) is 10.8. The molecule has 0 aromatic carbocycles.